The molecule has 0 unspecified atom stereocenters. The Bertz CT molecular complexity index is 1400. The number of ether oxygens (including phenoxy) is 2. The Morgan fingerprint density at radius 1 is 1.03 bits per heavy atom. The Balaban J connectivity index is 1.99. The summed E-state index contributed by atoms with van der Waals surface area (Å²) in [4.78, 5) is 4.66. The fraction of sp³-hybridized carbons (Fsp3) is 0.160. The summed E-state index contributed by atoms with van der Waals surface area (Å²) in [5, 5.41) is 0.730. The van der Waals surface area contributed by atoms with Gasteiger partial charge in [0.25, 0.3) is 0 Å². The number of pyridine rings is 1. The molecule has 5 nitrogen and oxygen atoms in total. The van der Waals surface area contributed by atoms with Crippen LogP contribution in [0, 0.1) is 0 Å². The molecule has 4 rings (SSSR count). The highest BCUT2D eigenvalue weighted by molar-refractivity contribution is 7.91. The molecule has 0 bridgehead atoms. The predicted octanol–water partition coefficient (Wildman–Crippen LogP) is 4.17. The van der Waals surface area contributed by atoms with Crippen molar-refractivity contribution < 1.29 is 17.9 Å². The summed E-state index contributed by atoms with van der Waals surface area (Å²) in [6.07, 6.45) is 9.96. The Morgan fingerprint density at radius 2 is 1.81 bits per heavy atom. The highest BCUT2D eigenvalue weighted by Gasteiger charge is 2.26. The van der Waals surface area contributed by atoms with Crippen LogP contribution in [0.5, 0.6) is 11.5 Å². The van der Waals surface area contributed by atoms with Gasteiger partial charge in [0.2, 0.25) is 9.84 Å². The number of fused-ring (bicyclic) bond motifs is 1. The van der Waals surface area contributed by atoms with Crippen molar-refractivity contribution in [2.45, 2.75) is 23.1 Å². The maximum Gasteiger partial charge on any atom is 0.208 e. The molecule has 0 aliphatic heterocycles. The molecule has 1 aromatic heterocycles. The minimum absolute atomic E-state index is 0.101. The highest BCUT2D eigenvalue weighted by atomic mass is 32.2. The van der Waals surface area contributed by atoms with Crippen molar-refractivity contribution in [3.05, 3.63) is 78.0 Å². The molecule has 0 saturated heterocycles. The second-order valence-electron chi connectivity index (χ2n) is 7.50. The molecule has 0 fully saturated rings. The highest BCUT2D eigenvalue weighted by Crippen LogP contribution is 2.38. The molecule has 2 radical (unpaired) electrons. The molecule has 0 spiro atoms. The summed E-state index contributed by atoms with van der Waals surface area (Å²) in [6, 6.07) is 9.90. The molecule has 1 heterocycles. The van der Waals surface area contributed by atoms with Gasteiger partial charge in [0.1, 0.15) is 7.85 Å². The van der Waals surface area contributed by atoms with Crippen molar-refractivity contribution in [3.63, 3.8) is 0 Å². The van der Waals surface area contributed by atoms with Crippen LogP contribution >= 0.6 is 0 Å². The van der Waals surface area contributed by atoms with E-state index in [4.69, 9.17) is 17.3 Å². The number of methoxy groups -OCH3 is 2. The van der Waals surface area contributed by atoms with Gasteiger partial charge in [-0.05, 0) is 37.1 Å². The number of hydrogen-bond donors (Lipinski definition) is 0. The van der Waals surface area contributed by atoms with E-state index in [0.29, 0.717) is 34.5 Å². The minimum atomic E-state index is -3.92. The van der Waals surface area contributed by atoms with Crippen LogP contribution in [0.25, 0.3) is 16.5 Å². The lowest BCUT2D eigenvalue weighted by Crippen LogP contribution is -2.09. The molecule has 0 atom stereocenters. The van der Waals surface area contributed by atoms with Gasteiger partial charge in [0, 0.05) is 23.2 Å². The van der Waals surface area contributed by atoms with E-state index in [0.717, 1.165) is 16.5 Å². The Labute approximate surface area is 189 Å². The topological polar surface area (TPSA) is 65.5 Å². The lowest BCUT2D eigenvalue weighted by atomic mass is 9.92. The van der Waals surface area contributed by atoms with Crippen LogP contribution in [0.1, 0.15) is 18.9 Å². The van der Waals surface area contributed by atoms with Crippen LogP contribution in [-0.4, -0.2) is 35.5 Å². The zero-order valence-electron chi connectivity index (χ0n) is 18.1. The minimum Gasteiger partial charge on any atom is -0.493 e. The monoisotopic (exact) mass is 443 g/mol. The van der Waals surface area contributed by atoms with E-state index in [1.54, 1.807) is 18.2 Å². The maximum atomic E-state index is 13.8. The molecular weight excluding hydrogens is 421 g/mol. The van der Waals surface area contributed by atoms with Crippen LogP contribution in [0.3, 0.4) is 0 Å². The molecule has 2 aromatic carbocycles. The molecule has 3 aromatic rings. The first-order valence-electron chi connectivity index (χ1n) is 10.0. The van der Waals surface area contributed by atoms with Crippen molar-refractivity contribution in [3.8, 4) is 11.5 Å². The predicted molar refractivity (Wildman–Crippen MR) is 128 cm³/mol. The summed E-state index contributed by atoms with van der Waals surface area (Å²) >= 11 is 0. The van der Waals surface area contributed by atoms with Crippen molar-refractivity contribution >= 4 is 39.6 Å². The van der Waals surface area contributed by atoms with E-state index >= 15 is 0 Å². The van der Waals surface area contributed by atoms with Gasteiger partial charge in [-0.25, -0.2) is 8.42 Å². The SMILES string of the molecule is [B]c1ccc2c(C3=CC=CC(C)=CC3)c(S(=O)(=O)c3ccc(OC)c(OC)c3)cnc2c1. The molecule has 0 saturated carbocycles. The van der Waals surface area contributed by atoms with E-state index in [9.17, 15) is 8.42 Å². The number of hydrogen-bond acceptors (Lipinski definition) is 5. The third kappa shape index (κ3) is 3.96. The number of sulfone groups is 1. The average Bonchev–Trinajstić information content (AvgIpc) is 3.01. The number of allylic oxidation sites excluding steroid dienone is 6. The van der Waals surface area contributed by atoms with Gasteiger partial charge in [-0.1, -0.05) is 47.5 Å². The first-order valence-corrected chi connectivity index (χ1v) is 11.5. The first kappa shape index (κ1) is 21.9. The molecule has 1 aliphatic carbocycles. The first-order chi connectivity index (χ1) is 15.3. The normalized spacial score (nSPS) is 14.0. The summed E-state index contributed by atoms with van der Waals surface area (Å²) in [5.74, 6) is 0.794. The van der Waals surface area contributed by atoms with Gasteiger partial charge in [-0.3, -0.25) is 4.98 Å². The molecule has 1 aliphatic rings. The standard InChI is InChI=1S/C25H22BNO4S/c1-16-5-4-6-17(8-7-16)25-20-11-9-18(26)13-21(20)27-15-24(25)32(28,29)19-10-12-22(30-2)23(14-19)31-3/h4-7,9-15H,8H2,1-3H3. The van der Waals surface area contributed by atoms with Crippen LogP contribution in [-0.2, 0) is 9.84 Å². The van der Waals surface area contributed by atoms with E-state index in [1.165, 1.54) is 32.5 Å². The quantitative estimate of drug-likeness (QED) is 0.554. The third-order valence-electron chi connectivity index (χ3n) is 5.43. The molecular formula is C25H22BNO4S. The van der Waals surface area contributed by atoms with E-state index in [-0.39, 0.29) is 9.79 Å². The number of aromatic nitrogens is 1. The third-order valence-corrected chi connectivity index (χ3v) is 7.20. The lowest BCUT2D eigenvalue weighted by Gasteiger charge is -2.16. The van der Waals surface area contributed by atoms with Gasteiger partial charge >= 0.3 is 0 Å². The smallest absolute Gasteiger partial charge is 0.208 e. The Kier molecular flexibility index (Phi) is 5.93. The summed E-state index contributed by atoms with van der Waals surface area (Å²) < 4.78 is 38.2. The summed E-state index contributed by atoms with van der Waals surface area (Å²) in [7, 11) is 5.01. The molecule has 160 valence electrons. The van der Waals surface area contributed by atoms with Crippen molar-refractivity contribution in [1.29, 1.82) is 0 Å². The average molecular weight is 443 g/mol. The fourth-order valence-corrected chi connectivity index (χ4v) is 5.21. The van der Waals surface area contributed by atoms with Gasteiger partial charge in [-0.15, -0.1) is 0 Å². The number of rotatable bonds is 5. The van der Waals surface area contributed by atoms with Gasteiger partial charge in [0.05, 0.1) is 29.5 Å². The second-order valence-corrected chi connectivity index (χ2v) is 9.42. The zero-order chi connectivity index (χ0) is 22.9. The van der Waals surface area contributed by atoms with E-state index in [1.807, 2.05) is 31.2 Å². The van der Waals surface area contributed by atoms with Crippen molar-refractivity contribution in [1.82, 2.24) is 4.98 Å². The molecule has 0 N–H and O–H groups in total. The Morgan fingerprint density at radius 3 is 2.56 bits per heavy atom. The lowest BCUT2D eigenvalue weighted by molar-refractivity contribution is 0.354. The van der Waals surface area contributed by atoms with Crippen LogP contribution in [0.4, 0.5) is 0 Å². The van der Waals surface area contributed by atoms with Gasteiger partial charge in [0.15, 0.2) is 11.5 Å². The largest absolute Gasteiger partial charge is 0.493 e. The second kappa shape index (κ2) is 8.67. The summed E-state index contributed by atoms with van der Waals surface area (Å²) in [6.45, 7) is 2.01. The van der Waals surface area contributed by atoms with E-state index < -0.39 is 9.84 Å². The van der Waals surface area contributed by atoms with Crippen molar-refractivity contribution in [2.75, 3.05) is 14.2 Å². The van der Waals surface area contributed by atoms with E-state index in [2.05, 4.69) is 11.1 Å². The molecule has 32 heavy (non-hydrogen) atoms. The molecule has 0 amide bonds. The van der Waals surface area contributed by atoms with Crippen LogP contribution < -0.4 is 14.9 Å². The zero-order valence-corrected chi connectivity index (χ0v) is 18.9. The van der Waals surface area contributed by atoms with Gasteiger partial charge in [-0.2, -0.15) is 0 Å². The summed E-state index contributed by atoms with van der Waals surface area (Å²) in [5.41, 5.74) is 3.83. The molecule has 7 heteroatoms. The van der Waals surface area contributed by atoms with Crippen LogP contribution in [0.2, 0.25) is 0 Å². The van der Waals surface area contributed by atoms with Crippen molar-refractivity contribution in [2.24, 2.45) is 0 Å². The Hall–Kier alpha value is -3.32. The van der Waals surface area contributed by atoms with Crippen LogP contribution in [0.15, 0.2) is 82.3 Å². The van der Waals surface area contributed by atoms with Gasteiger partial charge < -0.3 is 9.47 Å². The fourth-order valence-electron chi connectivity index (χ4n) is 3.75. The number of benzene rings is 2. The maximum absolute atomic E-state index is 13.8. The number of nitrogens with zero attached hydrogens (tertiary/aromatic N) is 1.